The number of hydrogen-bond donors (Lipinski definition) is 4. The molecular formula is C50H98N2O9. The van der Waals surface area contributed by atoms with Crippen molar-refractivity contribution >= 4 is 6.29 Å². The predicted molar refractivity (Wildman–Crippen MR) is 253 cm³/mol. The second kappa shape index (κ2) is 33.9. The fourth-order valence-corrected chi connectivity index (χ4v) is 8.03. The van der Waals surface area contributed by atoms with Crippen molar-refractivity contribution in [3.63, 3.8) is 0 Å². The molecule has 1 aliphatic rings. The number of aliphatic hydroxyl groups is 3. The van der Waals surface area contributed by atoms with Gasteiger partial charge < -0.3 is 54.0 Å². The maximum absolute atomic E-state index is 11.5. The standard InChI is InChI=1S/C23H45NO5.C12H19N.C10H22O3.C5H12O/c1-10-15(2)13-23(6,26)22(18(5)21(27-9)16(3)14-25)29-20-12-19(24(7)8)11-17(4)28-20;1-2-3-10-13-11-9-12-7-5-4-6-8-12;1-6-8(13-5)10(4,12)9(11)7(2)3;1-4-6-5(2)3/h14-22,26H,10-13H2,1-9H3;4-8,13H,2-3,9-11H2,1H3;7-9,11-12H,6H2,1-5H3;5H,4H2,1-3H3/t15-,16?,17?,18-,19?,20?,21+,22+,23+;;8-,9?,10-;/m0.1./s1. The zero-order chi connectivity index (χ0) is 47.3. The van der Waals surface area contributed by atoms with Crippen molar-refractivity contribution in [1.82, 2.24) is 10.2 Å². The van der Waals surface area contributed by atoms with E-state index in [1.807, 2.05) is 62.3 Å². The second-order valence-corrected chi connectivity index (χ2v) is 18.5. The van der Waals surface area contributed by atoms with Gasteiger partial charge in [0.15, 0.2) is 6.29 Å². The number of nitrogens with one attached hydrogen (secondary N) is 1. The van der Waals surface area contributed by atoms with Gasteiger partial charge >= 0.3 is 0 Å². The second-order valence-electron chi connectivity index (χ2n) is 18.5. The van der Waals surface area contributed by atoms with Crippen LogP contribution in [0.4, 0.5) is 0 Å². The summed E-state index contributed by atoms with van der Waals surface area (Å²) >= 11 is 0. The van der Waals surface area contributed by atoms with E-state index in [1.165, 1.54) is 18.4 Å². The number of rotatable bonds is 25. The van der Waals surface area contributed by atoms with Crippen LogP contribution in [0.15, 0.2) is 30.3 Å². The molecule has 12 atom stereocenters. The van der Waals surface area contributed by atoms with E-state index in [2.05, 4.69) is 82.3 Å². The Balaban J connectivity index is 0. The van der Waals surface area contributed by atoms with Gasteiger partial charge in [-0.1, -0.05) is 98.6 Å². The molecule has 11 nitrogen and oxygen atoms in total. The van der Waals surface area contributed by atoms with Gasteiger partial charge in [0.2, 0.25) is 0 Å². The van der Waals surface area contributed by atoms with Gasteiger partial charge in [0.05, 0.1) is 42.2 Å². The van der Waals surface area contributed by atoms with Gasteiger partial charge in [-0.3, -0.25) is 0 Å². The number of benzene rings is 1. The monoisotopic (exact) mass is 871 g/mol. The third-order valence-corrected chi connectivity index (χ3v) is 11.7. The molecule has 5 unspecified atom stereocenters. The molecule has 0 saturated carbocycles. The van der Waals surface area contributed by atoms with Crippen molar-refractivity contribution in [1.29, 1.82) is 0 Å². The van der Waals surface area contributed by atoms with Gasteiger partial charge in [0.25, 0.3) is 0 Å². The Morgan fingerprint density at radius 1 is 0.918 bits per heavy atom. The highest BCUT2D eigenvalue weighted by Crippen LogP contribution is 2.36. The summed E-state index contributed by atoms with van der Waals surface area (Å²) in [5.41, 5.74) is -0.810. The number of aliphatic hydroxyl groups excluding tert-OH is 1. The van der Waals surface area contributed by atoms with Crippen LogP contribution >= 0.6 is 0 Å². The van der Waals surface area contributed by atoms with E-state index < -0.39 is 29.7 Å². The van der Waals surface area contributed by atoms with Crippen molar-refractivity contribution in [2.75, 3.05) is 48.0 Å². The highest BCUT2D eigenvalue weighted by molar-refractivity contribution is 5.53. The third kappa shape index (κ3) is 25.5. The smallest absolute Gasteiger partial charge is 0.159 e. The summed E-state index contributed by atoms with van der Waals surface area (Å²) in [5, 5.41) is 34.7. The van der Waals surface area contributed by atoms with Crippen molar-refractivity contribution in [2.45, 2.75) is 208 Å². The Bertz CT molecular complexity index is 1160. The Morgan fingerprint density at radius 3 is 1.95 bits per heavy atom. The van der Waals surface area contributed by atoms with E-state index in [1.54, 1.807) is 21.1 Å². The molecule has 0 radical (unpaired) electrons. The van der Waals surface area contributed by atoms with E-state index in [4.69, 9.17) is 23.7 Å². The molecule has 0 bridgehead atoms. The molecular weight excluding hydrogens is 773 g/mol. The average Bonchev–Trinajstić information content (AvgIpc) is 3.20. The summed E-state index contributed by atoms with van der Waals surface area (Å²) in [6.45, 7) is 30.7. The van der Waals surface area contributed by atoms with Crippen LogP contribution in [0.2, 0.25) is 0 Å². The van der Waals surface area contributed by atoms with Crippen molar-refractivity contribution in [3.05, 3.63) is 35.9 Å². The Hall–Kier alpha value is -1.51. The number of carbonyl (C=O) groups is 1. The van der Waals surface area contributed by atoms with Gasteiger partial charge in [-0.15, -0.1) is 0 Å². The average molecular weight is 871 g/mol. The highest BCUT2D eigenvalue weighted by Gasteiger charge is 2.45. The van der Waals surface area contributed by atoms with Gasteiger partial charge in [-0.25, -0.2) is 0 Å². The molecule has 1 saturated heterocycles. The lowest BCUT2D eigenvalue weighted by molar-refractivity contribution is -0.267. The number of unbranched alkanes of at least 4 members (excludes halogenated alkanes) is 1. The first-order chi connectivity index (χ1) is 28.5. The molecule has 1 heterocycles. The fourth-order valence-electron chi connectivity index (χ4n) is 8.03. The summed E-state index contributed by atoms with van der Waals surface area (Å²) < 4.78 is 28.4. The molecule has 11 heteroatoms. The van der Waals surface area contributed by atoms with Crippen LogP contribution in [0, 0.1) is 23.7 Å². The molecule has 0 aromatic heterocycles. The topological polar surface area (TPSA) is 139 Å². The molecule has 61 heavy (non-hydrogen) atoms. The fraction of sp³-hybridized carbons (Fsp3) is 0.860. The lowest BCUT2D eigenvalue weighted by Gasteiger charge is -2.45. The molecule has 1 aromatic carbocycles. The van der Waals surface area contributed by atoms with E-state index in [0.29, 0.717) is 30.9 Å². The summed E-state index contributed by atoms with van der Waals surface area (Å²) in [6.07, 6.45) is 6.77. The zero-order valence-electron chi connectivity index (χ0n) is 42.4. The van der Waals surface area contributed by atoms with Crippen LogP contribution in [0.3, 0.4) is 0 Å². The first kappa shape index (κ1) is 61.6. The van der Waals surface area contributed by atoms with E-state index >= 15 is 0 Å². The highest BCUT2D eigenvalue weighted by atomic mass is 16.7. The molecule has 0 aliphatic carbocycles. The Morgan fingerprint density at radius 2 is 1.52 bits per heavy atom. The molecule has 2 rings (SSSR count). The number of ether oxygens (including phenoxy) is 5. The lowest BCUT2D eigenvalue weighted by Crippen LogP contribution is -2.54. The van der Waals surface area contributed by atoms with Crippen molar-refractivity contribution in [2.24, 2.45) is 23.7 Å². The summed E-state index contributed by atoms with van der Waals surface area (Å²) in [5.74, 6) is -0.0909. The predicted octanol–water partition coefficient (Wildman–Crippen LogP) is 8.73. The van der Waals surface area contributed by atoms with Gasteiger partial charge in [-0.05, 0) is 118 Å². The lowest BCUT2D eigenvalue weighted by atomic mass is 9.78. The van der Waals surface area contributed by atoms with Gasteiger partial charge in [-0.2, -0.15) is 0 Å². The van der Waals surface area contributed by atoms with E-state index in [0.717, 1.165) is 51.7 Å². The molecule has 1 fully saturated rings. The number of carbonyl (C=O) groups excluding carboxylic acids is 1. The number of methoxy groups -OCH3 is 2. The molecule has 362 valence electrons. The largest absolute Gasteiger partial charge is 0.390 e. The minimum atomic E-state index is -1.17. The minimum absolute atomic E-state index is 0.0270. The Labute approximate surface area is 375 Å². The quantitative estimate of drug-likeness (QED) is 0.0555. The van der Waals surface area contributed by atoms with Crippen molar-refractivity contribution < 1.29 is 43.8 Å². The molecule has 1 aliphatic heterocycles. The normalized spacial score (nSPS) is 22.1. The van der Waals surface area contributed by atoms with Crippen LogP contribution in [-0.2, 0) is 34.9 Å². The Kier molecular flexibility index (Phi) is 34.2. The molecule has 0 spiro atoms. The van der Waals surface area contributed by atoms with Crippen LogP contribution in [0.1, 0.15) is 147 Å². The minimum Gasteiger partial charge on any atom is -0.390 e. The number of hydrogen-bond acceptors (Lipinski definition) is 11. The van der Waals surface area contributed by atoms with Crippen molar-refractivity contribution in [3.8, 4) is 0 Å². The van der Waals surface area contributed by atoms with Gasteiger partial charge in [0, 0.05) is 45.1 Å². The summed E-state index contributed by atoms with van der Waals surface area (Å²) in [6, 6.07) is 11.0. The van der Waals surface area contributed by atoms with Crippen LogP contribution < -0.4 is 5.32 Å². The molecule has 4 N–H and O–H groups in total. The first-order valence-corrected chi connectivity index (χ1v) is 23.5. The number of aldehydes is 1. The van der Waals surface area contributed by atoms with Crippen LogP contribution in [-0.4, -0.2) is 135 Å². The zero-order valence-corrected chi connectivity index (χ0v) is 42.4. The van der Waals surface area contributed by atoms with Crippen LogP contribution in [0.25, 0.3) is 0 Å². The molecule has 1 aromatic rings. The van der Waals surface area contributed by atoms with E-state index in [-0.39, 0.29) is 36.1 Å². The third-order valence-electron chi connectivity index (χ3n) is 11.7. The van der Waals surface area contributed by atoms with Crippen LogP contribution in [0.5, 0.6) is 0 Å². The molecule has 0 amide bonds. The van der Waals surface area contributed by atoms with Gasteiger partial charge in [0.1, 0.15) is 11.9 Å². The summed E-state index contributed by atoms with van der Waals surface area (Å²) in [7, 11) is 7.32. The summed E-state index contributed by atoms with van der Waals surface area (Å²) in [4.78, 5) is 13.6. The maximum atomic E-state index is 11.5. The SMILES string of the molecule is CCCCNCCc1ccccc1.CCOC(C)C.CC[C@@H](OC)[C@@](C)(O)C(O)C(C)C.CC[C@H](C)C[C@@](C)(O)[C@H](OC1CC(N(C)C)CC(C)O1)[C@@H](C)[C@H](OC)C(C)C=O. The number of nitrogens with zero attached hydrogens (tertiary/aromatic N) is 1. The first-order valence-electron chi connectivity index (χ1n) is 23.5. The van der Waals surface area contributed by atoms with E-state index in [9.17, 15) is 20.1 Å². The maximum Gasteiger partial charge on any atom is 0.159 e.